The Bertz CT molecular complexity index is 772. The molecule has 1 aromatic heterocycles. The number of halogens is 1. The summed E-state index contributed by atoms with van der Waals surface area (Å²) in [6, 6.07) is 1.04. The quantitative estimate of drug-likeness (QED) is 0.645. The highest BCUT2D eigenvalue weighted by atomic mass is 19.1. The number of aromatic nitrogens is 3. The van der Waals surface area contributed by atoms with E-state index in [0.717, 1.165) is 6.33 Å². The zero-order valence-corrected chi connectivity index (χ0v) is 9.83. The van der Waals surface area contributed by atoms with Gasteiger partial charge in [0.1, 0.15) is 11.4 Å². The molecule has 2 aromatic rings. The lowest BCUT2D eigenvalue weighted by Gasteiger charge is -2.02. The van der Waals surface area contributed by atoms with Crippen molar-refractivity contribution in [1.82, 2.24) is 14.8 Å². The summed E-state index contributed by atoms with van der Waals surface area (Å²) in [5, 5.41) is 33.4. The van der Waals surface area contributed by atoms with E-state index in [1.807, 2.05) is 0 Å². The van der Waals surface area contributed by atoms with E-state index in [1.54, 1.807) is 0 Å². The first kappa shape index (κ1) is 14.0. The van der Waals surface area contributed by atoms with Gasteiger partial charge in [0.2, 0.25) is 6.33 Å². The number of carboxylic acid groups (broad SMARTS) is 1. The topological polar surface area (TPSA) is 154 Å². The molecule has 108 valence electrons. The summed E-state index contributed by atoms with van der Waals surface area (Å²) in [7, 11) is 0. The Hall–Kier alpha value is -3.44. The van der Waals surface area contributed by atoms with Crippen molar-refractivity contribution in [2.45, 2.75) is 0 Å². The number of rotatable bonds is 4. The Morgan fingerprint density at radius 2 is 1.95 bits per heavy atom. The van der Waals surface area contributed by atoms with Gasteiger partial charge in [-0.3, -0.25) is 10.1 Å². The van der Waals surface area contributed by atoms with Crippen LogP contribution in [0.5, 0.6) is 0 Å². The molecular weight excluding hydrogens is 293 g/mol. The fourth-order valence-corrected chi connectivity index (χ4v) is 1.50. The lowest BCUT2D eigenvalue weighted by atomic mass is 10.1. The van der Waals surface area contributed by atoms with Gasteiger partial charge in [0.25, 0.3) is 5.69 Å². The zero-order valence-electron chi connectivity index (χ0n) is 9.83. The molecule has 0 aliphatic heterocycles. The Morgan fingerprint density at radius 1 is 1.29 bits per heavy atom. The van der Waals surface area contributed by atoms with Gasteiger partial charge < -0.3 is 15.2 Å². The minimum atomic E-state index is -1.69. The maximum atomic E-state index is 13.6. The first-order chi connectivity index (χ1) is 9.81. The van der Waals surface area contributed by atoms with Crippen LogP contribution in [0.25, 0.3) is 5.69 Å². The Kier molecular flexibility index (Phi) is 3.27. The molecule has 0 spiro atoms. The van der Waals surface area contributed by atoms with Crippen LogP contribution < -0.4 is 0 Å². The van der Waals surface area contributed by atoms with E-state index < -0.39 is 44.5 Å². The molecule has 0 radical (unpaired) electrons. The maximum Gasteiger partial charge on any atom is 0.491 e. The van der Waals surface area contributed by atoms with Crippen LogP contribution in [0.4, 0.5) is 16.0 Å². The lowest BCUT2D eigenvalue weighted by Crippen LogP contribution is -2.07. The molecule has 0 aliphatic carbocycles. The molecule has 1 N–H and O–H groups in total. The van der Waals surface area contributed by atoms with Gasteiger partial charge in [-0.15, -0.1) is 4.68 Å². The van der Waals surface area contributed by atoms with Crippen LogP contribution in [0.2, 0.25) is 0 Å². The van der Waals surface area contributed by atoms with Crippen molar-refractivity contribution >= 4 is 17.6 Å². The van der Waals surface area contributed by atoms with Gasteiger partial charge in [-0.1, -0.05) is 4.98 Å². The van der Waals surface area contributed by atoms with Gasteiger partial charge >= 0.3 is 11.9 Å². The number of nitro groups is 2. The average molecular weight is 297 g/mol. The second-order valence-corrected chi connectivity index (χ2v) is 3.63. The monoisotopic (exact) mass is 297 g/mol. The van der Waals surface area contributed by atoms with Crippen molar-refractivity contribution in [3.63, 3.8) is 0 Å². The third-order valence-corrected chi connectivity index (χ3v) is 2.38. The summed E-state index contributed by atoms with van der Waals surface area (Å²) in [6.45, 7) is 0. The van der Waals surface area contributed by atoms with Crippen LogP contribution in [0.15, 0.2) is 18.5 Å². The van der Waals surface area contributed by atoms with Crippen molar-refractivity contribution in [3.8, 4) is 5.69 Å². The summed E-state index contributed by atoms with van der Waals surface area (Å²) in [6.07, 6.45) is 0.778. The number of hydrogen-bond donors (Lipinski definition) is 1. The fourth-order valence-electron chi connectivity index (χ4n) is 1.50. The fraction of sp³-hybridized carbons (Fsp3) is 0. The van der Waals surface area contributed by atoms with Crippen molar-refractivity contribution < 1.29 is 24.1 Å². The van der Waals surface area contributed by atoms with Gasteiger partial charge in [-0.2, -0.15) is 0 Å². The maximum absolute atomic E-state index is 13.6. The molecule has 0 amide bonds. The second-order valence-electron chi connectivity index (χ2n) is 3.63. The molecule has 0 saturated heterocycles. The van der Waals surface area contributed by atoms with E-state index in [9.17, 15) is 29.4 Å². The molecule has 0 atom stereocenters. The first-order valence-electron chi connectivity index (χ1n) is 5.09. The minimum absolute atomic E-state index is 0.483. The van der Waals surface area contributed by atoms with Gasteiger partial charge in [0, 0.05) is 17.2 Å². The smallest absolute Gasteiger partial charge is 0.478 e. The summed E-state index contributed by atoms with van der Waals surface area (Å²) in [5.74, 6) is -3.78. The van der Waals surface area contributed by atoms with E-state index in [2.05, 4.69) is 10.1 Å². The number of carboxylic acids is 1. The van der Waals surface area contributed by atoms with Gasteiger partial charge in [-0.25, -0.2) is 9.18 Å². The number of benzene rings is 1. The standard InChI is InChI=1S/C9H4FN5O6/c10-5-2-6(13-3-11-9(12-13)15(20)21)7(14(18)19)1-4(5)8(16)17/h1-3H,(H,16,17). The summed E-state index contributed by atoms with van der Waals surface area (Å²) >= 11 is 0. The molecule has 2 rings (SSSR count). The van der Waals surface area contributed by atoms with E-state index in [0.29, 0.717) is 16.8 Å². The van der Waals surface area contributed by atoms with E-state index in [-0.39, 0.29) is 0 Å². The number of hydrogen-bond acceptors (Lipinski definition) is 7. The van der Waals surface area contributed by atoms with Crippen molar-refractivity contribution in [1.29, 1.82) is 0 Å². The molecule has 0 bridgehead atoms. The predicted octanol–water partition coefficient (Wildman–Crippen LogP) is 0.921. The molecule has 12 heteroatoms. The molecule has 21 heavy (non-hydrogen) atoms. The van der Waals surface area contributed by atoms with Crippen molar-refractivity contribution in [2.24, 2.45) is 0 Å². The third-order valence-electron chi connectivity index (χ3n) is 2.38. The van der Waals surface area contributed by atoms with E-state index in [4.69, 9.17) is 5.11 Å². The molecule has 0 saturated carbocycles. The molecule has 11 nitrogen and oxygen atoms in total. The zero-order chi connectivity index (χ0) is 15.7. The van der Waals surface area contributed by atoms with Crippen LogP contribution in [0, 0.1) is 26.0 Å². The lowest BCUT2D eigenvalue weighted by molar-refractivity contribution is -0.394. The second kappa shape index (κ2) is 4.92. The van der Waals surface area contributed by atoms with Crippen LogP contribution in [-0.2, 0) is 0 Å². The van der Waals surface area contributed by atoms with Gasteiger partial charge in [-0.05, 0) is 4.92 Å². The molecular formula is C9H4FN5O6. The highest BCUT2D eigenvalue weighted by Gasteiger charge is 2.26. The predicted molar refractivity (Wildman–Crippen MR) is 61.6 cm³/mol. The van der Waals surface area contributed by atoms with Gasteiger partial charge in [0.05, 0.1) is 4.92 Å². The van der Waals surface area contributed by atoms with Gasteiger partial charge in [0.15, 0.2) is 5.69 Å². The highest BCUT2D eigenvalue weighted by Crippen LogP contribution is 2.26. The molecule has 1 aromatic carbocycles. The van der Waals surface area contributed by atoms with Crippen LogP contribution >= 0.6 is 0 Å². The Labute approximate surface area is 113 Å². The molecule has 0 unspecified atom stereocenters. The number of aromatic carboxylic acids is 1. The summed E-state index contributed by atoms with van der Waals surface area (Å²) in [5.41, 5.74) is -2.17. The molecule has 0 fully saturated rings. The average Bonchev–Trinajstić information content (AvgIpc) is 2.87. The number of carbonyl (C=O) groups is 1. The third kappa shape index (κ3) is 2.49. The minimum Gasteiger partial charge on any atom is -0.478 e. The van der Waals surface area contributed by atoms with Crippen LogP contribution in [0.1, 0.15) is 10.4 Å². The van der Waals surface area contributed by atoms with E-state index in [1.165, 1.54) is 0 Å². The van der Waals surface area contributed by atoms with Crippen molar-refractivity contribution in [3.05, 3.63) is 50.1 Å². The Morgan fingerprint density at radius 3 is 2.43 bits per heavy atom. The van der Waals surface area contributed by atoms with Crippen LogP contribution in [0.3, 0.4) is 0 Å². The van der Waals surface area contributed by atoms with E-state index >= 15 is 0 Å². The first-order valence-corrected chi connectivity index (χ1v) is 5.09. The molecule has 1 heterocycles. The molecule has 0 aliphatic rings. The number of nitro benzene ring substituents is 1. The SMILES string of the molecule is O=C(O)c1cc([N+](=O)[O-])c(-n2cnc([N+](=O)[O-])n2)cc1F. The summed E-state index contributed by atoms with van der Waals surface area (Å²) in [4.78, 5) is 33.5. The number of nitrogens with zero attached hydrogens (tertiary/aromatic N) is 5. The van der Waals surface area contributed by atoms with Crippen LogP contribution in [-0.4, -0.2) is 35.7 Å². The summed E-state index contributed by atoms with van der Waals surface area (Å²) < 4.78 is 14.2. The van der Waals surface area contributed by atoms with Crippen molar-refractivity contribution in [2.75, 3.05) is 0 Å². The largest absolute Gasteiger partial charge is 0.491 e. The normalized spacial score (nSPS) is 10.3. The Balaban J connectivity index is 2.66. The highest BCUT2D eigenvalue weighted by molar-refractivity contribution is 5.89.